The molecule has 3 fully saturated rings. The van der Waals surface area contributed by atoms with E-state index in [9.17, 15) is 0 Å². The summed E-state index contributed by atoms with van der Waals surface area (Å²) < 4.78 is 0. The van der Waals surface area contributed by atoms with E-state index in [-0.39, 0.29) is 0 Å². The molecule has 3 saturated carbocycles. The number of rotatable bonds is 8. The average molecular weight is 497 g/mol. The highest BCUT2D eigenvalue weighted by Crippen LogP contribution is 2.65. The molecule has 5 aliphatic carbocycles. The van der Waals surface area contributed by atoms with Gasteiger partial charge in [-0.15, -0.1) is 0 Å². The molecule has 5 aliphatic rings. The van der Waals surface area contributed by atoms with Gasteiger partial charge in [-0.25, -0.2) is 0 Å². The molecule has 0 radical (unpaired) electrons. The minimum absolute atomic E-state index is 0.674. The Morgan fingerprint density at radius 1 is 0.861 bits per heavy atom. The monoisotopic (exact) mass is 497 g/mol. The van der Waals surface area contributed by atoms with Crippen molar-refractivity contribution < 1.29 is 0 Å². The van der Waals surface area contributed by atoms with E-state index in [0.29, 0.717) is 5.41 Å². The van der Waals surface area contributed by atoms with Crippen molar-refractivity contribution in [2.75, 3.05) is 0 Å². The summed E-state index contributed by atoms with van der Waals surface area (Å²) in [4.78, 5) is 0. The van der Waals surface area contributed by atoms with Crippen LogP contribution in [0.15, 0.2) is 11.1 Å². The van der Waals surface area contributed by atoms with Crippen molar-refractivity contribution >= 4 is 0 Å². The fourth-order valence-corrected chi connectivity index (χ4v) is 10.5. The molecule has 36 heavy (non-hydrogen) atoms. The summed E-state index contributed by atoms with van der Waals surface area (Å²) in [6.07, 6.45) is 28.9. The second-order valence-corrected chi connectivity index (χ2v) is 14.6. The minimum atomic E-state index is 0.674. The number of hydrogen-bond donors (Lipinski definition) is 0. The largest absolute Gasteiger partial charge is 0.0683 e. The lowest BCUT2D eigenvalue weighted by Crippen LogP contribution is -2.45. The lowest BCUT2D eigenvalue weighted by Gasteiger charge is -2.54. The molecule has 0 nitrogen and oxygen atoms in total. The zero-order valence-electron chi connectivity index (χ0n) is 25.6. The molecule has 208 valence electrons. The number of unbranched alkanes of at least 4 members (excludes halogenated alkanes) is 1. The zero-order valence-corrected chi connectivity index (χ0v) is 25.6. The van der Waals surface area contributed by atoms with Crippen LogP contribution in [0.3, 0.4) is 0 Å². The molecule has 0 heterocycles. The van der Waals surface area contributed by atoms with E-state index in [2.05, 4.69) is 27.7 Å². The Morgan fingerprint density at radius 2 is 1.64 bits per heavy atom. The molecule has 0 amide bonds. The molecule has 0 aromatic carbocycles. The Labute approximate surface area is 227 Å². The molecule has 7 unspecified atom stereocenters. The SMILES string of the molecule is CC.CCC1CC2C(CCC3(C)C(CCCCC(C)C)CCC23)C2=C1CC(CC1CCCCC1)CC2. The van der Waals surface area contributed by atoms with Gasteiger partial charge in [0.25, 0.3) is 0 Å². The Balaban J connectivity index is 0.00000148. The second-order valence-electron chi connectivity index (χ2n) is 14.6. The van der Waals surface area contributed by atoms with Crippen LogP contribution in [0, 0.1) is 52.8 Å². The minimum Gasteiger partial charge on any atom is -0.0683 e. The van der Waals surface area contributed by atoms with Crippen LogP contribution in [0.5, 0.6) is 0 Å². The van der Waals surface area contributed by atoms with Gasteiger partial charge in [-0.3, -0.25) is 0 Å². The highest BCUT2D eigenvalue weighted by molar-refractivity contribution is 5.29. The van der Waals surface area contributed by atoms with E-state index in [4.69, 9.17) is 0 Å². The molecule has 7 atom stereocenters. The van der Waals surface area contributed by atoms with Crippen molar-refractivity contribution in [1.29, 1.82) is 0 Å². The van der Waals surface area contributed by atoms with E-state index in [1.807, 2.05) is 25.0 Å². The third-order valence-corrected chi connectivity index (χ3v) is 12.3. The van der Waals surface area contributed by atoms with Gasteiger partial charge in [-0.2, -0.15) is 0 Å². The van der Waals surface area contributed by atoms with Gasteiger partial charge in [0.15, 0.2) is 0 Å². The quantitative estimate of drug-likeness (QED) is 0.231. The van der Waals surface area contributed by atoms with Gasteiger partial charge in [0.2, 0.25) is 0 Å². The Kier molecular flexibility index (Phi) is 10.5. The molecule has 0 aromatic rings. The van der Waals surface area contributed by atoms with E-state index >= 15 is 0 Å². The Bertz CT molecular complexity index is 693. The fourth-order valence-electron chi connectivity index (χ4n) is 10.5. The lowest BCUT2D eigenvalue weighted by atomic mass is 9.51. The molecular weight excluding hydrogens is 432 g/mol. The van der Waals surface area contributed by atoms with Crippen LogP contribution >= 0.6 is 0 Å². The van der Waals surface area contributed by atoms with Crippen LogP contribution in [-0.2, 0) is 0 Å². The highest BCUT2D eigenvalue weighted by Gasteiger charge is 2.55. The summed E-state index contributed by atoms with van der Waals surface area (Å²) in [5, 5.41) is 0. The van der Waals surface area contributed by atoms with Crippen molar-refractivity contribution in [2.45, 2.75) is 164 Å². The first-order valence-electron chi connectivity index (χ1n) is 17.2. The van der Waals surface area contributed by atoms with Crippen LogP contribution < -0.4 is 0 Å². The standard InChI is InChI=1S/C34H58.C2H6/c1-5-27-23-32-30(29-17-15-26(22-31(27)29)21-25-12-7-6-8-13-25)19-20-34(4)28(16-18-33(32)34)14-10-9-11-24(2)3;1-2/h24-28,30,32-33H,5-23H2,1-4H3;1-2H3. The van der Waals surface area contributed by atoms with Crippen molar-refractivity contribution in [2.24, 2.45) is 52.8 Å². The van der Waals surface area contributed by atoms with Gasteiger partial charge in [0.05, 0.1) is 0 Å². The number of hydrogen-bond acceptors (Lipinski definition) is 0. The molecule has 0 N–H and O–H groups in total. The van der Waals surface area contributed by atoms with Crippen molar-refractivity contribution in [3.05, 3.63) is 11.1 Å². The van der Waals surface area contributed by atoms with Gasteiger partial charge >= 0.3 is 0 Å². The Hall–Kier alpha value is -0.260. The molecule has 0 heteroatoms. The Morgan fingerprint density at radius 3 is 2.36 bits per heavy atom. The first kappa shape index (κ1) is 28.7. The molecule has 0 spiro atoms. The number of fused-ring (bicyclic) bond motifs is 4. The maximum atomic E-state index is 2.76. The first-order valence-corrected chi connectivity index (χ1v) is 17.2. The molecular formula is C36H64. The van der Waals surface area contributed by atoms with Crippen molar-refractivity contribution in [1.82, 2.24) is 0 Å². The summed E-state index contributed by atoms with van der Waals surface area (Å²) in [5.41, 5.74) is 4.75. The zero-order chi connectivity index (χ0) is 25.7. The summed E-state index contributed by atoms with van der Waals surface area (Å²) in [6, 6.07) is 0. The summed E-state index contributed by atoms with van der Waals surface area (Å²) in [7, 11) is 0. The summed E-state index contributed by atoms with van der Waals surface area (Å²) in [5.74, 6) is 8.04. The van der Waals surface area contributed by atoms with Crippen LogP contribution in [0.25, 0.3) is 0 Å². The van der Waals surface area contributed by atoms with Crippen LogP contribution in [0.2, 0.25) is 0 Å². The lowest BCUT2D eigenvalue weighted by molar-refractivity contribution is 0.00111. The third kappa shape index (κ3) is 6.14. The summed E-state index contributed by atoms with van der Waals surface area (Å²) in [6.45, 7) is 14.1. The van der Waals surface area contributed by atoms with Crippen molar-refractivity contribution in [3.8, 4) is 0 Å². The predicted molar refractivity (Wildman–Crippen MR) is 159 cm³/mol. The average Bonchev–Trinajstić information content (AvgIpc) is 3.24. The maximum absolute atomic E-state index is 2.76. The fraction of sp³-hybridized carbons (Fsp3) is 0.944. The molecule has 0 saturated heterocycles. The number of allylic oxidation sites excluding steroid dienone is 2. The molecule has 0 bridgehead atoms. The smallest absolute Gasteiger partial charge is 0.0169 e. The normalized spacial score (nSPS) is 38.8. The van der Waals surface area contributed by atoms with Crippen molar-refractivity contribution in [3.63, 3.8) is 0 Å². The summed E-state index contributed by atoms with van der Waals surface area (Å²) >= 11 is 0. The van der Waals surface area contributed by atoms with Gasteiger partial charge in [0.1, 0.15) is 0 Å². The van der Waals surface area contributed by atoms with Gasteiger partial charge < -0.3 is 0 Å². The van der Waals surface area contributed by atoms with E-state index < -0.39 is 0 Å². The topological polar surface area (TPSA) is 0 Å². The van der Waals surface area contributed by atoms with Crippen LogP contribution in [0.1, 0.15) is 164 Å². The van der Waals surface area contributed by atoms with Crippen LogP contribution in [-0.4, -0.2) is 0 Å². The van der Waals surface area contributed by atoms with E-state index in [1.165, 1.54) is 70.6 Å². The predicted octanol–water partition coefficient (Wildman–Crippen LogP) is 11.8. The molecule has 0 aliphatic heterocycles. The van der Waals surface area contributed by atoms with Crippen LogP contribution in [0.4, 0.5) is 0 Å². The van der Waals surface area contributed by atoms with Gasteiger partial charge in [-0.1, -0.05) is 104 Å². The van der Waals surface area contributed by atoms with Gasteiger partial charge in [-0.05, 0) is 123 Å². The molecule has 5 rings (SSSR count). The van der Waals surface area contributed by atoms with Gasteiger partial charge in [0, 0.05) is 0 Å². The maximum Gasteiger partial charge on any atom is -0.0169 e. The second kappa shape index (κ2) is 13.2. The van der Waals surface area contributed by atoms with E-state index in [1.54, 1.807) is 51.4 Å². The third-order valence-electron chi connectivity index (χ3n) is 12.3. The highest BCUT2D eigenvalue weighted by atomic mass is 14.6. The first-order chi connectivity index (χ1) is 17.5. The molecule has 0 aromatic heterocycles. The van der Waals surface area contributed by atoms with E-state index in [0.717, 1.165) is 47.3 Å².